The molecule has 2 rings (SSSR count). The molecule has 100 valence electrons. The lowest BCUT2D eigenvalue weighted by Gasteiger charge is -2.03. The average Bonchev–Trinajstić information content (AvgIpc) is 2.84. The van der Waals surface area contributed by atoms with Crippen LogP contribution in [0.2, 0.25) is 4.34 Å². The van der Waals surface area contributed by atoms with E-state index in [4.69, 9.17) is 11.6 Å². The predicted octanol–water partition coefficient (Wildman–Crippen LogP) is 3.10. The minimum absolute atomic E-state index is 0.177. The van der Waals surface area contributed by atoms with Gasteiger partial charge in [-0.15, -0.1) is 11.3 Å². The van der Waals surface area contributed by atoms with Gasteiger partial charge in [0.05, 0.1) is 19.8 Å². The van der Waals surface area contributed by atoms with Crippen LogP contribution in [0, 0.1) is 0 Å². The number of benzene rings is 1. The number of rotatable bonds is 4. The molecule has 0 bridgehead atoms. The van der Waals surface area contributed by atoms with Gasteiger partial charge < -0.3 is 0 Å². The Morgan fingerprint density at radius 1 is 1.21 bits per heavy atom. The van der Waals surface area contributed by atoms with Crippen molar-refractivity contribution in [3.63, 3.8) is 0 Å². The molecular weight excluding hydrogens is 304 g/mol. The topological polar surface area (TPSA) is 58.5 Å². The van der Waals surface area contributed by atoms with Crippen molar-refractivity contribution in [1.82, 2.24) is 4.83 Å². The zero-order chi connectivity index (χ0) is 13.9. The van der Waals surface area contributed by atoms with Crippen molar-refractivity contribution in [2.45, 2.75) is 11.8 Å². The number of sulfonamides is 1. The minimum Gasteiger partial charge on any atom is -0.200 e. The summed E-state index contributed by atoms with van der Waals surface area (Å²) in [5.74, 6) is 0. The summed E-state index contributed by atoms with van der Waals surface area (Å²) < 4.78 is 24.5. The summed E-state index contributed by atoms with van der Waals surface area (Å²) in [6.45, 7) is 1.72. The second-order valence-electron chi connectivity index (χ2n) is 3.71. The molecule has 19 heavy (non-hydrogen) atoms. The maximum atomic E-state index is 11.9. The fourth-order valence-electron chi connectivity index (χ4n) is 1.34. The number of hydrogen-bond donors (Lipinski definition) is 1. The Morgan fingerprint density at radius 3 is 2.47 bits per heavy atom. The molecule has 4 nitrogen and oxygen atoms in total. The van der Waals surface area contributed by atoms with Crippen LogP contribution in [0.5, 0.6) is 0 Å². The van der Waals surface area contributed by atoms with Crippen LogP contribution < -0.4 is 4.83 Å². The molecule has 0 saturated heterocycles. The number of hydrazone groups is 1. The molecule has 1 heterocycles. The molecule has 7 heteroatoms. The van der Waals surface area contributed by atoms with Crippen molar-refractivity contribution in [1.29, 1.82) is 0 Å². The molecule has 0 aliphatic heterocycles. The third kappa shape index (κ3) is 3.56. The monoisotopic (exact) mass is 314 g/mol. The lowest BCUT2D eigenvalue weighted by molar-refractivity contribution is 0.584. The quantitative estimate of drug-likeness (QED) is 0.696. The van der Waals surface area contributed by atoms with Gasteiger partial charge in [0, 0.05) is 0 Å². The van der Waals surface area contributed by atoms with Crippen LogP contribution in [-0.2, 0) is 10.0 Å². The average molecular weight is 315 g/mol. The summed E-state index contributed by atoms with van der Waals surface area (Å²) in [7, 11) is -3.62. The summed E-state index contributed by atoms with van der Waals surface area (Å²) in [5.41, 5.74) is 0.566. The Bertz CT molecular complexity index is 694. The molecule has 2 aromatic rings. The third-order valence-corrected chi connectivity index (χ3v) is 4.88. The van der Waals surface area contributed by atoms with Crippen LogP contribution in [-0.4, -0.2) is 14.1 Å². The van der Waals surface area contributed by atoms with E-state index in [0.29, 0.717) is 10.0 Å². The first-order valence-electron chi connectivity index (χ1n) is 5.36. The van der Waals surface area contributed by atoms with E-state index in [2.05, 4.69) is 9.93 Å². The third-order valence-electron chi connectivity index (χ3n) is 2.32. The Morgan fingerprint density at radius 2 is 1.89 bits per heavy atom. The van der Waals surface area contributed by atoms with Gasteiger partial charge in [-0.3, -0.25) is 0 Å². The Balaban J connectivity index is 2.18. The van der Waals surface area contributed by atoms with Gasteiger partial charge in [-0.25, -0.2) is 0 Å². The van der Waals surface area contributed by atoms with Crippen molar-refractivity contribution in [3.8, 4) is 0 Å². The molecule has 0 aliphatic rings. The Labute approximate surface area is 120 Å². The highest BCUT2D eigenvalue weighted by Crippen LogP contribution is 2.21. The molecule has 0 aliphatic carbocycles. The lowest BCUT2D eigenvalue weighted by Crippen LogP contribution is -2.19. The van der Waals surface area contributed by atoms with Gasteiger partial charge in [-0.05, 0) is 31.2 Å². The Kier molecular flexibility index (Phi) is 4.24. The van der Waals surface area contributed by atoms with Crippen LogP contribution in [0.3, 0.4) is 0 Å². The smallest absolute Gasteiger partial charge is 0.200 e. The summed E-state index contributed by atoms with van der Waals surface area (Å²) in [5, 5.41) is 3.89. The fourth-order valence-corrected chi connectivity index (χ4v) is 3.21. The van der Waals surface area contributed by atoms with Crippen LogP contribution in [0.4, 0.5) is 0 Å². The largest absolute Gasteiger partial charge is 0.276 e. The highest BCUT2D eigenvalue weighted by molar-refractivity contribution is 7.89. The van der Waals surface area contributed by atoms with Gasteiger partial charge in [0.2, 0.25) is 0 Å². The van der Waals surface area contributed by atoms with Crippen molar-refractivity contribution < 1.29 is 8.42 Å². The first-order chi connectivity index (χ1) is 8.99. The normalized spacial score (nSPS) is 12.4. The van der Waals surface area contributed by atoms with Gasteiger partial charge in [0.25, 0.3) is 10.0 Å². The zero-order valence-corrected chi connectivity index (χ0v) is 12.4. The Hall–Kier alpha value is -1.37. The predicted molar refractivity (Wildman–Crippen MR) is 78.3 cm³/mol. The van der Waals surface area contributed by atoms with Crippen molar-refractivity contribution in [3.05, 3.63) is 51.7 Å². The van der Waals surface area contributed by atoms with Gasteiger partial charge in [-0.2, -0.15) is 18.4 Å². The maximum absolute atomic E-state index is 11.9. The number of hydrogen-bond acceptors (Lipinski definition) is 4. The van der Waals surface area contributed by atoms with E-state index >= 15 is 0 Å². The van der Waals surface area contributed by atoms with Crippen molar-refractivity contribution >= 4 is 38.7 Å². The summed E-state index contributed by atoms with van der Waals surface area (Å²) >= 11 is 7.16. The van der Waals surface area contributed by atoms with Crippen LogP contribution >= 0.6 is 22.9 Å². The number of thiophene rings is 1. The maximum Gasteiger partial charge on any atom is 0.276 e. The highest BCUT2D eigenvalue weighted by Gasteiger charge is 2.12. The molecule has 0 fully saturated rings. The van der Waals surface area contributed by atoms with E-state index in [0.717, 1.165) is 4.88 Å². The second kappa shape index (κ2) is 5.73. The molecule has 0 radical (unpaired) electrons. The number of nitrogens with zero attached hydrogens (tertiary/aromatic N) is 1. The lowest BCUT2D eigenvalue weighted by atomic mass is 10.3. The SMILES string of the molecule is C/C(=N/NS(=O)(=O)c1ccccc1)c1ccc(Cl)s1. The van der Waals surface area contributed by atoms with Crippen LogP contribution in [0.1, 0.15) is 11.8 Å². The molecule has 0 saturated carbocycles. The fraction of sp³-hybridized carbons (Fsp3) is 0.0833. The van der Waals surface area contributed by atoms with Crippen LogP contribution in [0.15, 0.2) is 52.5 Å². The zero-order valence-electron chi connectivity index (χ0n) is 10.00. The first-order valence-corrected chi connectivity index (χ1v) is 8.04. The van der Waals surface area contributed by atoms with Gasteiger partial charge in [-0.1, -0.05) is 29.8 Å². The second-order valence-corrected chi connectivity index (χ2v) is 7.08. The summed E-state index contributed by atoms with van der Waals surface area (Å²) in [4.78, 5) is 3.20. The van der Waals surface area contributed by atoms with E-state index in [1.54, 1.807) is 37.3 Å². The highest BCUT2D eigenvalue weighted by atomic mass is 35.5. The standard InChI is InChI=1S/C12H11ClN2O2S2/c1-9(11-7-8-12(13)18-11)14-15-19(16,17)10-5-3-2-4-6-10/h2-8,15H,1H3/b14-9-. The van der Waals surface area contributed by atoms with E-state index in [-0.39, 0.29) is 4.90 Å². The molecular formula is C12H11ClN2O2S2. The molecule has 1 aromatic carbocycles. The number of halogens is 1. The molecule has 0 unspecified atom stereocenters. The summed E-state index contributed by atoms with van der Waals surface area (Å²) in [6, 6.07) is 11.6. The molecule has 1 N–H and O–H groups in total. The van der Waals surface area contributed by atoms with Gasteiger partial charge in [0.1, 0.15) is 0 Å². The molecule has 0 spiro atoms. The van der Waals surface area contributed by atoms with Gasteiger partial charge >= 0.3 is 0 Å². The van der Waals surface area contributed by atoms with Gasteiger partial charge in [0.15, 0.2) is 0 Å². The van der Waals surface area contributed by atoms with E-state index in [1.165, 1.54) is 23.5 Å². The van der Waals surface area contributed by atoms with Crippen molar-refractivity contribution in [2.75, 3.05) is 0 Å². The van der Waals surface area contributed by atoms with Crippen LogP contribution in [0.25, 0.3) is 0 Å². The molecule has 0 amide bonds. The van der Waals surface area contributed by atoms with Crippen molar-refractivity contribution in [2.24, 2.45) is 5.10 Å². The van der Waals surface area contributed by atoms with E-state index in [1.807, 2.05) is 0 Å². The van der Waals surface area contributed by atoms with E-state index < -0.39 is 10.0 Å². The minimum atomic E-state index is -3.62. The summed E-state index contributed by atoms with van der Waals surface area (Å²) in [6.07, 6.45) is 0. The van der Waals surface area contributed by atoms with E-state index in [9.17, 15) is 8.42 Å². The molecule has 1 aromatic heterocycles. The molecule has 0 atom stereocenters. The first kappa shape index (κ1) is 14.0. The number of nitrogens with one attached hydrogen (secondary N) is 1.